The Bertz CT molecular complexity index is 381. The van der Waals surface area contributed by atoms with Crippen molar-refractivity contribution in [2.24, 2.45) is 0 Å². The summed E-state index contributed by atoms with van der Waals surface area (Å²) < 4.78 is 134. The van der Waals surface area contributed by atoms with Crippen molar-refractivity contribution in [2.45, 2.75) is 42.8 Å². The van der Waals surface area contributed by atoms with Gasteiger partial charge in [-0.1, -0.05) is 0 Å². The van der Waals surface area contributed by atoms with Crippen molar-refractivity contribution in [1.82, 2.24) is 4.90 Å². The summed E-state index contributed by atoms with van der Waals surface area (Å²) in [5, 5.41) is 0. The highest BCUT2D eigenvalue weighted by molar-refractivity contribution is 5.11. The predicted molar refractivity (Wildman–Crippen MR) is 52.6 cm³/mol. The normalized spacial score (nSPS) is 19.8. The molecule has 0 amide bonds. The quantitative estimate of drug-likeness (QED) is 0.564. The minimum Gasteiger partial charge on any atom is -0.357 e. The van der Waals surface area contributed by atoms with E-state index in [1.165, 1.54) is 0 Å². The Hall–Kier alpha value is -0.780. The van der Waals surface area contributed by atoms with Gasteiger partial charge < -0.3 is 4.74 Å². The van der Waals surface area contributed by atoms with Crippen LogP contribution in [0.15, 0.2) is 0 Å². The van der Waals surface area contributed by atoms with Gasteiger partial charge in [-0.05, 0) is 12.8 Å². The van der Waals surface area contributed by atoms with E-state index in [9.17, 15) is 43.9 Å². The van der Waals surface area contributed by atoms with Crippen LogP contribution in [0.5, 0.6) is 0 Å². The summed E-state index contributed by atoms with van der Waals surface area (Å²) in [6.07, 6.45) is -13.7. The number of alkyl halides is 10. The third-order valence-electron chi connectivity index (χ3n) is 3.43. The van der Waals surface area contributed by atoms with Crippen molar-refractivity contribution >= 4 is 0 Å². The largest absolute Gasteiger partial charge is 0.433 e. The van der Waals surface area contributed by atoms with Gasteiger partial charge in [0.05, 0.1) is 0 Å². The summed E-state index contributed by atoms with van der Waals surface area (Å²) in [5.41, 5.74) is -6.32. The smallest absolute Gasteiger partial charge is 0.357 e. The van der Waals surface area contributed by atoms with E-state index in [0.717, 1.165) is 0 Å². The molecule has 1 aliphatic rings. The van der Waals surface area contributed by atoms with Gasteiger partial charge in [0.2, 0.25) is 0 Å². The molecule has 12 heteroatoms. The van der Waals surface area contributed by atoms with E-state index < -0.39 is 47.9 Å². The van der Waals surface area contributed by atoms with Crippen LogP contribution in [0.1, 0.15) is 12.8 Å². The molecule has 0 atom stereocenters. The Morgan fingerprint density at radius 2 is 1.09 bits per heavy atom. The molecule has 0 spiro atoms. The van der Waals surface area contributed by atoms with Crippen molar-refractivity contribution in [1.29, 1.82) is 0 Å². The van der Waals surface area contributed by atoms with Gasteiger partial charge in [-0.15, -0.1) is 0 Å². The Labute approximate surface area is 118 Å². The number of halogens is 10. The van der Waals surface area contributed by atoms with Crippen molar-refractivity contribution < 1.29 is 48.6 Å². The SMILES string of the molecule is COC(C(F)(F)F)(C(F)(F)F)C(F)(F)C(F)(F)N1CCCC1. The zero-order chi connectivity index (χ0) is 17.6. The van der Waals surface area contributed by atoms with E-state index in [-0.39, 0.29) is 20.0 Å². The lowest BCUT2D eigenvalue weighted by Crippen LogP contribution is -2.76. The third-order valence-corrected chi connectivity index (χ3v) is 3.43. The molecular formula is C10H11F10NO. The fourth-order valence-electron chi connectivity index (χ4n) is 2.28. The van der Waals surface area contributed by atoms with Gasteiger partial charge in [-0.2, -0.15) is 43.9 Å². The molecule has 0 aromatic carbocycles. The Kier molecular flexibility index (Phi) is 4.72. The number of rotatable bonds is 4. The first-order valence-corrected chi connectivity index (χ1v) is 5.86. The van der Waals surface area contributed by atoms with Crippen LogP contribution in [0.3, 0.4) is 0 Å². The number of nitrogens with zero attached hydrogens (tertiary/aromatic N) is 1. The van der Waals surface area contributed by atoms with Gasteiger partial charge in [0.25, 0.3) is 0 Å². The van der Waals surface area contributed by atoms with Gasteiger partial charge in [-0.25, -0.2) is 4.90 Å². The monoisotopic (exact) mass is 351 g/mol. The molecule has 1 saturated heterocycles. The van der Waals surface area contributed by atoms with E-state index in [4.69, 9.17) is 0 Å². The molecule has 0 radical (unpaired) electrons. The topological polar surface area (TPSA) is 12.5 Å². The predicted octanol–water partition coefficient (Wildman–Crippen LogP) is 3.82. The second-order valence-corrected chi connectivity index (χ2v) is 4.69. The van der Waals surface area contributed by atoms with Crippen LogP contribution in [-0.2, 0) is 4.74 Å². The zero-order valence-corrected chi connectivity index (χ0v) is 11.0. The lowest BCUT2D eigenvalue weighted by molar-refractivity contribution is -0.467. The summed E-state index contributed by atoms with van der Waals surface area (Å²) in [6.45, 7) is -1.50. The molecule has 0 aromatic rings. The minimum atomic E-state index is -6.81. The molecule has 0 N–H and O–H groups in total. The highest BCUT2D eigenvalue weighted by Gasteiger charge is 2.90. The highest BCUT2D eigenvalue weighted by atomic mass is 19.4. The molecule has 0 unspecified atom stereocenters. The molecule has 0 aliphatic carbocycles. The number of hydrogen-bond donors (Lipinski definition) is 0. The number of ether oxygens (including phenoxy) is 1. The van der Waals surface area contributed by atoms with Crippen LogP contribution in [0.25, 0.3) is 0 Å². The maximum absolute atomic E-state index is 13.8. The van der Waals surface area contributed by atoms with Crippen molar-refractivity contribution in [2.75, 3.05) is 20.2 Å². The first-order valence-electron chi connectivity index (χ1n) is 5.86. The summed E-state index contributed by atoms with van der Waals surface area (Å²) in [4.78, 5) is -0.405. The molecular weight excluding hydrogens is 340 g/mol. The Morgan fingerprint density at radius 3 is 1.36 bits per heavy atom. The second kappa shape index (κ2) is 5.39. The number of methoxy groups -OCH3 is 1. The van der Waals surface area contributed by atoms with Crippen molar-refractivity contribution in [3.8, 4) is 0 Å². The Balaban J connectivity index is 3.51. The van der Waals surface area contributed by atoms with Crippen LogP contribution in [0.2, 0.25) is 0 Å². The summed E-state index contributed by atoms with van der Waals surface area (Å²) in [6, 6.07) is -5.69. The van der Waals surface area contributed by atoms with Crippen LogP contribution < -0.4 is 0 Å². The van der Waals surface area contributed by atoms with Gasteiger partial charge in [-0.3, -0.25) is 0 Å². The zero-order valence-electron chi connectivity index (χ0n) is 11.0. The number of hydrogen-bond acceptors (Lipinski definition) is 2. The molecule has 1 heterocycles. The van der Waals surface area contributed by atoms with Crippen molar-refractivity contribution in [3.05, 3.63) is 0 Å². The van der Waals surface area contributed by atoms with Crippen molar-refractivity contribution in [3.63, 3.8) is 0 Å². The molecule has 132 valence electrons. The first kappa shape index (κ1) is 19.3. The van der Waals surface area contributed by atoms with Crippen LogP contribution >= 0.6 is 0 Å². The maximum atomic E-state index is 13.8. The third kappa shape index (κ3) is 2.43. The van der Waals surface area contributed by atoms with Gasteiger partial charge in [0, 0.05) is 20.2 Å². The maximum Gasteiger partial charge on any atom is 0.433 e. The Morgan fingerprint density at radius 1 is 0.727 bits per heavy atom. The van der Waals surface area contributed by atoms with Crippen LogP contribution in [0, 0.1) is 0 Å². The average molecular weight is 351 g/mol. The van der Waals surface area contributed by atoms with E-state index in [1.54, 1.807) is 0 Å². The summed E-state index contributed by atoms with van der Waals surface area (Å²) in [7, 11) is -0.338. The van der Waals surface area contributed by atoms with E-state index in [0.29, 0.717) is 0 Å². The summed E-state index contributed by atoms with van der Waals surface area (Å²) in [5.74, 6) is -6.59. The molecule has 0 aromatic heterocycles. The fraction of sp³-hybridized carbons (Fsp3) is 1.00. The molecule has 0 bridgehead atoms. The molecule has 1 aliphatic heterocycles. The molecule has 1 rings (SSSR count). The van der Waals surface area contributed by atoms with Gasteiger partial charge >= 0.3 is 29.9 Å². The summed E-state index contributed by atoms with van der Waals surface area (Å²) >= 11 is 0. The molecule has 2 nitrogen and oxygen atoms in total. The van der Waals surface area contributed by atoms with Crippen LogP contribution in [0.4, 0.5) is 43.9 Å². The lowest BCUT2D eigenvalue weighted by atomic mass is 9.90. The van der Waals surface area contributed by atoms with Gasteiger partial charge in [0.15, 0.2) is 0 Å². The average Bonchev–Trinajstić information content (AvgIpc) is 2.78. The molecule has 22 heavy (non-hydrogen) atoms. The fourth-order valence-corrected chi connectivity index (χ4v) is 2.28. The van der Waals surface area contributed by atoms with E-state index in [1.807, 2.05) is 0 Å². The number of likely N-dealkylation sites (tertiary alicyclic amines) is 1. The lowest BCUT2D eigenvalue weighted by Gasteiger charge is -2.45. The first-order chi connectivity index (χ1) is 9.67. The van der Waals surface area contributed by atoms with E-state index >= 15 is 0 Å². The minimum absolute atomic E-state index is 0.0519. The van der Waals surface area contributed by atoms with Crippen LogP contribution in [-0.4, -0.2) is 55.0 Å². The molecule has 1 fully saturated rings. The highest BCUT2D eigenvalue weighted by Crippen LogP contribution is 2.59. The standard InChI is InChI=1S/C10H11F10NO/c1-22-6(8(13,14)15,9(16,17)18)7(11,12)10(19,20)21-4-2-3-5-21/h2-5H2,1H3. The van der Waals surface area contributed by atoms with E-state index in [2.05, 4.69) is 4.74 Å². The second-order valence-electron chi connectivity index (χ2n) is 4.69. The molecule has 0 saturated carbocycles. The van der Waals surface area contributed by atoms with Gasteiger partial charge in [0.1, 0.15) is 0 Å².